The Kier molecular flexibility index (Phi) is 5.83. The minimum Gasteiger partial charge on any atom is -0.484 e. The maximum Gasteiger partial charge on any atom is 0.258 e. The summed E-state index contributed by atoms with van der Waals surface area (Å²) in [7, 11) is 0. The number of ether oxygens (including phenoxy) is 1. The zero-order chi connectivity index (χ0) is 17.0. The minimum atomic E-state index is -0.126. The predicted molar refractivity (Wildman–Crippen MR) is 96.8 cm³/mol. The second kappa shape index (κ2) is 7.64. The third kappa shape index (κ3) is 4.83. The number of carbonyl (C=O) groups is 1. The van der Waals surface area contributed by atoms with E-state index in [2.05, 4.69) is 53.3 Å². The number of hydrogen-bond donors (Lipinski definition) is 1. The van der Waals surface area contributed by atoms with Gasteiger partial charge in [0.2, 0.25) is 0 Å². The lowest BCUT2D eigenvalue weighted by Crippen LogP contribution is -2.31. The van der Waals surface area contributed by atoms with Crippen molar-refractivity contribution in [2.24, 2.45) is 0 Å². The Morgan fingerprint density at radius 2 is 1.87 bits per heavy atom. The number of halogens is 1. The summed E-state index contributed by atoms with van der Waals surface area (Å²) in [6.07, 6.45) is 0. The van der Waals surface area contributed by atoms with Crippen molar-refractivity contribution >= 4 is 21.8 Å². The SMILES string of the molecule is Cc1ccc(C)c([C@H](C)NC(=O)COc2ccc(Br)c(C)c2)c1. The van der Waals surface area contributed by atoms with Crippen LogP contribution in [0.4, 0.5) is 0 Å². The van der Waals surface area contributed by atoms with Gasteiger partial charge in [-0.3, -0.25) is 4.79 Å². The normalized spacial score (nSPS) is 11.9. The fourth-order valence-electron chi connectivity index (χ4n) is 2.44. The Hall–Kier alpha value is -1.81. The van der Waals surface area contributed by atoms with Gasteiger partial charge in [-0.25, -0.2) is 0 Å². The second-order valence-corrected chi connectivity index (χ2v) is 6.70. The molecule has 0 unspecified atom stereocenters. The lowest BCUT2D eigenvalue weighted by atomic mass is 10.00. The third-order valence-corrected chi connectivity index (χ3v) is 4.67. The molecule has 0 spiro atoms. The maximum absolute atomic E-state index is 12.1. The molecule has 0 radical (unpaired) electrons. The van der Waals surface area contributed by atoms with E-state index in [9.17, 15) is 4.79 Å². The zero-order valence-electron chi connectivity index (χ0n) is 13.9. The molecule has 4 heteroatoms. The van der Waals surface area contributed by atoms with Crippen molar-refractivity contribution in [3.05, 3.63) is 63.1 Å². The summed E-state index contributed by atoms with van der Waals surface area (Å²) in [5, 5.41) is 2.99. The second-order valence-electron chi connectivity index (χ2n) is 5.85. The van der Waals surface area contributed by atoms with Gasteiger partial charge >= 0.3 is 0 Å². The van der Waals surface area contributed by atoms with Crippen molar-refractivity contribution in [2.45, 2.75) is 33.7 Å². The van der Waals surface area contributed by atoms with Crippen molar-refractivity contribution in [3.8, 4) is 5.75 Å². The first-order valence-electron chi connectivity index (χ1n) is 7.62. The van der Waals surface area contributed by atoms with Gasteiger partial charge in [0, 0.05) is 4.47 Å². The highest BCUT2D eigenvalue weighted by atomic mass is 79.9. The van der Waals surface area contributed by atoms with Crippen LogP contribution in [0.25, 0.3) is 0 Å². The summed E-state index contributed by atoms with van der Waals surface area (Å²) in [5.74, 6) is 0.569. The summed E-state index contributed by atoms with van der Waals surface area (Å²) < 4.78 is 6.59. The molecular formula is C19H22BrNO2. The zero-order valence-corrected chi connectivity index (χ0v) is 15.5. The number of benzene rings is 2. The van der Waals surface area contributed by atoms with E-state index in [0.29, 0.717) is 5.75 Å². The summed E-state index contributed by atoms with van der Waals surface area (Å²) in [4.78, 5) is 12.1. The van der Waals surface area contributed by atoms with E-state index in [4.69, 9.17) is 4.74 Å². The average Bonchev–Trinajstić information content (AvgIpc) is 2.50. The van der Waals surface area contributed by atoms with Gasteiger partial charge in [0.1, 0.15) is 5.75 Å². The quantitative estimate of drug-likeness (QED) is 0.826. The van der Waals surface area contributed by atoms with E-state index in [1.54, 1.807) is 0 Å². The molecule has 2 aromatic carbocycles. The van der Waals surface area contributed by atoms with Crippen LogP contribution in [0.3, 0.4) is 0 Å². The van der Waals surface area contributed by atoms with E-state index in [-0.39, 0.29) is 18.6 Å². The first kappa shape index (κ1) is 17.5. The predicted octanol–water partition coefficient (Wildman–Crippen LogP) is 4.63. The van der Waals surface area contributed by atoms with Crippen LogP contribution in [0.1, 0.15) is 35.2 Å². The van der Waals surface area contributed by atoms with Crippen LogP contribution in [0.2, 0.25) is 0 Å². The number of hydrogen-bond acceptors (Lipinski definition) is 2. The molecule has 0 heterocycles. The van der Waals surface area contributed by atoms with Crippen LogP contribution in [0, 0.1) is 20.8 Å². The van der Waals surface area contributed by atoms with E-state index >= 15 is 0 Å². The molecule has 1 N–H and O–H groups in total. The highest BCUT2D eigenvalue weighted by Crippen LogP contribution is 2.22. The molecule has 0 fully saturated rings. The number of carbonyl (C=O) groups excluding carboxylic acids is 1. The molecule has 0 aromatic heterocycles. The van der Waals surface area contributed by atoms with Crippen LogP contribution in [-0.2, 0) is 4.79 Å². The fourth-order valence-corrected chi connectivity index (χ4v) is 2.69. The molecule has 0 aliphatic heterocycles. The molecule has 3 nitrogen and oxygen atoms in total. The van der Waals surface area contributed by atoms with Crippen molar-refractivity contribution in [1.29, 1.82) is 0 Å². The smallest absolute Gasteiger partial charge is 0.258 e. The standard InChI is InChI=1S/C19H22BrNO2/c1-12-5-6-13(2)17(9-12)15(4)21-19(22)11-23-16-7-8-18(20)14(3)10-16/h5-10,15H,11H2,1-4H3,(H,21,22)/t15-/m0/s1. The monoisotopic (exact) mass is 375 g/mol. The third-order valence-electron chi connectivity index (χ3n) is 3.78. The summed E-state index contributed by atoms with van der Waals surface area (Å²) in [6.45, 7) is 8.09. The minimum absolute atomic E-state index is 0.0102. The van der Waals surface area contributed by atoms with Crippen molar-refractivity contribution < 1.29 is 9.53 Å². The Bertz CT molecular complexity index is 713. The molecule has 0 bridgehead atoms. The van der Waals surface area contributed by atoms with E-state index in [0.717, 1.165) is 15.6 Å². The van der Waals surface area contributed by atoms with Gasteiger partial charge in [0.15, 0.2) is 6.61 Å². The van der Waals surface area contributed by atoms with Gasteiger partial charge < -0.3 is 10.1 Å². The Morgan fingerprint density at radius 1 is 1.13 bits per heavy atom. The molecule has 1 atom stereocenters. The first-order chi connectivity index (χ1) is 10.9. The lowest BCUT2D eigenvalue weighted by molar-refractivity contribution is -0.123. The largest absolute Gasteiger partial charge is 0.484 e. The molecule has 122 valence electrons. The van der Waals surface area contributed by atoms with Crippen LogP contribution < -0.4 is 10.1 Å². The maximum atomic E-state index is 12.1. The van der Waals surface area contributed by atoms with E-state index in [1.807, 2.05) is 32.0 Å². The van der Waals surface area contributed by atoms with Crippen molar-refractivity contribution in [2.75, 3.05) is 6.61 Å². The summed E-state index contributed by atoms with van der Waals surface area (Å²) in [6, 6.07) is 11.9. The molecule has 0 aliphatic rings. The van der Waals surface area contributed by atoms with E-state index < -0.39 is 0 Å². The number of nitrogens with one attached hydrogen (secondary N) is 1. The number of aryl methyl sites for hydroxylation is 3. The van der Waals surface area contributed by atoms with Crippen LogP contribution >= 0.6 is 15.9 Å². The van der Waals surface area contributed by atoms with Crippen LogP contribution in [0.5, 0.6) is 5.75 Å². The molecule has 0 saturated heterocycles. The molecule has 1 amide bonds. The first-order valence-corrected chi connectivity index (χ1v) is 8.41. The number of amides is 1. The molecule has 0 saturated carbocycles. The number of rotatable bonds is 5. The fraction of sp³-hybridized carbons (Fsp3) is 0.316. The molecule has 2 aromatic rings. The highest BCUT2D eigenvalue weighted by molar-refractivity contribution is 9.10. The summed E-state index contributed by atoms with van der Waals surface area (Å²) >= 11 is 3.45. The molecule has 2 rings (SSSR count). The van der Waals surface area contributed by atoms with Gasteiger partial charge in [-0.1, -0.05) is 39.7 Å². The molecule has 23 heavy (non-hydrogen) atoms. The van der Waals surface area contributed by atoms with Gasteiger partial charge in [-0.2, -0.15) is 0 Å². The van der Waals surface area contributed by atoms with Gasteiger partial charge in [0.05, 0.1) is 6.04 Å². The lowest BCUT2D eigenvalue weighted by Gasteiger charge is -2.17. The average molecular weight is 376 g/mol. The summed E-state index contributed by atoms with van der Waals surface area (Å²) in [5.41, 5.74) is 4.57. The Morgan fingerprint density at radius 3 is 2.57 bits per heavy atom. The topological polar surface area (TPSA) is 38.3 Å². The van der Waals surface area contributed by atoms with Gasteiger partial charge in [-0.05, 0) is 62.6 Å². The Balaban J connectivity index is 1.93. The van der Waals surface area contributed by atoms with Gasteiger partial charge in [0.25, 0.3) is 5.91 Å². The molecule has 0 aliphatic carbocycles. The highest BCUT2D eigenvalue weighted by Gasteiger charge is 2.12. The van der Waals surface area contributed by atoms with E-state index in [1.165, 1.54) is 11.1 Å². The molecular weight excluding hydrogens is 354 g/mol. The van der Waals surface area contributed by atoms with Crippen molar-refractivity contribution in [1.82, 2.24) is 5.32 Å². The van der Waals surface area contributed by atoms with Gasteiger partial charge in [-0.15, -0.1) is 0 Å². The van der Waals surface area contributed by atoms with Crippen LogP contribution in [0.15, 0.2) is 40.9 Å². The van der Waals surface area contributed by atoms with Crippen molar-refractivity contribution in [3.63, 3.8) is 0 Å². The Labute approximate surface area is 146 Å². The van der Waals surface area contributed by atoms with Crippen LogP contribution in [-0.4, -0.2) is 12.5 Å².